The lowest BCUT2D eigenvalue weighted by Crippen LogP contribution is -2.51. The van der Waals surface area contributed by atoms with Crippen molar-refractivity contribution < 1.29 is 4.79 Å². The number of aromatic nitrogens is 1. The monoisotopic (exact) mass is 359 g/mol. The van der Waals surface area contributed by atoms with E-state index in [4.69, 9.17) is 11.6 Å². The molecule has 134 valence electrons. The minimum atomic E-state index is -0.382. The lowest BCUT2D eigenvalue weighted by molar-refractivity contribution is -0.129. The summed E-state index contributed by atoms with van der Waals surface area (Å²) in [5, 5.41) is 8.38. The van der Waals surface area contributed by atoms with Gasteiger partial charge < -0.3 is 10.6 Å². The van der Waals surface area contributed by atoms with Gasteiger partial charge in [-0.3, -0.25) is 4.79 Å². The zero-order valence-corrected chi connectivity index (χ0v) is 15.9. The van der Waals surface area contributed by atoms with E-state index in [9.17, 15) is 4.79 Å². The number of benzene rings is 1. The number of nitrogens with zero attached hydrogens (tertiary/aromatic N) is 1. The molecular weight excluding hydrogens is 334 g/mol. The van der Waals surface area contributed by atoms with Gasteiger partial charge in [0, 0.05) is 22.9 Å². The SMILES string of the molecule is CC(C)(C)C(=O)N[C@H]1CCCC[C@@H]1Nc1cc(Cl)c2ccccc2n1. The number of fused-ring (bicyclic) bond motifs is 1. The van der Waals surface area contributed by atoms with E-state index in [-0.39, 0.29) is 23.4 Å². The van der Waals surface area contributed by atoms with Crippen LogP contribution in [0.25, 0.3) is 10.9 Å². The normalized spacial score (nSPS) is 21.1. The van der Waals surface area contributed by atoms with Crippen LogP contribution in [-0.2, 0) is 4.79 Å². The minimum Gasteiger partial charge on any atom is -0.365 e. The number of hydrogen-bond acceptors (Lipinski definition) is 3. The van der Waals surface area contributed by atoms with E-state index >= 15 is 0 Å². The van der Waals surface area contributed by atoms with Gasteiger partial charge in [-0.2, -0.15) is 0 Å². The van der Waals surface area contributed by atoms with Crippen LogP contribution in [0.1, 0.15) is 46.5 Å². The summed E-state index contributed by atoms with van der Waals surface area (Å²) in [6.45, 7) is 5.83. The first-order valence-corrected chi connectivity index (χ1v) is 9.35. The van der Waals surface area contributed by atoms with Gasteiger partial charge in [0.2, 0.25) is 5.91 Å². The number of pyridine rings is 1. The molecule has 1 aliphatic rings. The highest BCUT2D eigenvalue weighted by Gasteiger charge is 2.30. The summed E-state index contributed by atoms with van der Waals surface area (Å²) in [6, 6.07) is 10.0. The van der Waals surface area contributed by atoms with Crippen LogP contribution in [0.2, 0.25) is 5.02 Å². The third-order valence-electron chi connectivity index (χ3n) is 4.76. The highest BCUT2D eigenvalue weighted by atomic mass is 35.5. The Morgan fingerprint density at radius 2 is 1.84 bits per heavy atom. The summed E-state index contributed by atoms with van der Waals surface area (Å²) < 4.78 is 0. The fourth-order valence-corrected chi connectivity index (χ4v) is 3.52. The van der Waals surface area contributed by atoms with Gasteiger partial charge >= 0.3 is 0 Å². The summed E-state index contributed by atoms with van der Waals surface area (Å²) in [6.07, 6.45) is 4.29. The second kappa shape index (κ2) is 7.20. The summed E-state index contributed by atoms with van der Waals surface area (Å²) in [7, 11) is 0. The third-order valence-corrected chi connectivity index (χ3v) is 5.08. The van der Waals surface area contributed by atoms with Crippen molar-refractivity contribution in [3.63, 3.8) is 0 Å². The molecule has 2 atom stereocenters. The van der Waals surface area contributed by atoms with Gasteiger partial charge in [0.1, 0.15) is 5.82 Å². The van der Waals surface area contributed by atoms with Crippen molar-refractivity contribution in [2.45, 2.75) is 58.5 Å². The summed E-state index contributed by atoms with van der Waals surface area (Å²) in [5.74, 6) is 0.862. The molecule has 0 spiro atoms. The molecule has 0 aliphatic heterocycles. The summed E-state index contributed by atoms with van der Waals surface area (Å²) in [5.41, 5.74) is 0.496. The molecule has 1 amide bonds. The molecule has 1 aromatic heterocycles. The number of carbonyl (C=O) groups excluding carboxylic acids is 1. The van der Waals surface area contributed by atoms with Crippen molar-refractivity contribution in [2.24, 2.45) is 5.41 Å². The summed E-state index contributed by atoms with van der Waals surface area (Å²) in [4.78, 5) is 17.1. The van der Waals surface area contributed by atoms with E-state index in [0.29, 0.717) is 5.02 Å². The molecule has 2 aromatic rings. The van der Waals surface area contributed by atoms with Crippen LogP contribution in [0.4, 0.5) is 5.82 Å². The van der Waals surface area contributed by atoms with Gasteiger partial charge in [0.05, 0.1) is 10.5 Å². The van der Waals surface area contributed by atoms with Crippen molar-refractivity contribution in [1.29, 1.82) is 0 Å². The van der Waals surface area contributed by atoms with Crippen LogP contribution in [0.15, 0.2) is 30.3 Å². The van der Waals surface area contributed by atoms with E-state index in [1.54, 1.807) is 0 Å². The second-order valence-corrected chi connectivity index (χ2v) is 8.28. The Morgan fingerprint density at radius 3 is 2.56 bits per heavy atom. The Balaban J connectivity index is 1.79. The highest BCUT2D eigenvalue weighted by Crippen LogP contribution is 2.28. The van der Waals surface area contributed by atoms with Crippen LogP contribution in [0.5, 0.6) is 0 Å². The Labute approximate surface area is 154 Å². The molecule has 1 heterocycles. The topological polar surface area (TPSA) is 54.0 Å². The van der Waals surface area contributed by atoms with E-state index in [1.165, 1.54) is 0 Å². The Morgan fingerprint density at radius 1 is 1.16 bits per heavy atom. The zero-order chi connectivity index (χ0) is 18.0. The van der Waals surface area contributed by atoms with Gasteiger partial charge in [0.25, 0.3) is 0 Å². The van der Waals surface area contributed by atoms with Gasteiger partial charge in [-0.05, 0) is 25.0 Å². The van der Waals surface area contributed by atoms with E-state index in [2.05, 4.69) is 15.6 Å². The molecule has 0 radical (unpaired) electrons. The molecule has 0 unspecified atom stereocenters. The smallest absolute Gasteiger partial charge is 0.225 e. The standard InChI is InChI=1S/C20H26ClN3O/c1-20(2,3)19(25)24-17-11-7-6-10-16(17)23-18-12-14(21)13-8-4-5-9-15(13)22-18/h4-5,8-9,12,16-17H,6-7,10-11H2,1-3H3,(H,22,23)(H,24,25)/t16-,17-/m0/s1. The highest BCUT2D eigenvalue weighted by molar-refractivity contribution is 6.35. The fraction of sp³-hybridized carbons (Fsp3) is 0.500. The first-order valence-electron chi connectivity index (χ1n) is 8.97. The van der Waals surface area contributed by atoms with Crippen molar-refractivity contribution >= 4 is 34.2 Å². The Bertz CT molecular complexity index is 769. The second-order valence-electron chi connectivity index (χ2n) is 7.87. The lowest BCUT2D eigenvalue weighted by atomic mass is 9.88. The molecule has 1 aromatic carbocycles. The van der Waals surface area contributed by atoms with E-state index in [0.717, 1.165) is 42.4 Å². The number of hydrogen-bond donors (Lipinski definition) is 2. The Hall–Kier alpha value is -1.81. The molecular formula is C20H26ClN3O. The number of nitrogens with one attached hydrogen (secondary N) is 2. The largest absolute Gasteiger partial charge is 0.365 e. The van der Waals surface area contributed by atoms with Gasteiger partial charge in [-0.15, -0.1) is 0 Å². The van der Waals surface area contributed by atoms with Gasteiger partial charge in [-0.25, -0.2) is 4.98 Å². The maximum atomic E-state index is 12.4. The van der Waals surface area contributed by atoms with Crippen LogP contribution < -0.4 is 10.6 Å². The minimum absolute atomic E-state index is 0.0932. The zero-order valence-electron chi connectivity index (χ0n) is 15.1. The number of carbonyl (C=O) groups is 1. The predicted molar refractivity (Wildman–Crippen MR) is 104 cm³/mol. The number of para-hydroxylation sites is 1. The van der Waals surface area contributed by atoms with Crippen molar-refractivity contribution in [2.75, 3.05) is 5.32 Å². The maximum absolute atomic E-state index is 12.4. The van der Waals surface area contributed by atoms with Gasteiger partial charge in [-0.1, -0.05) is 63.4 Å². The van der Waals surface area contributed by atoms with Gasteiger partial charge in [0.15, 0.2) is 0 Å². The average molecular weight is 360 g/mol. The van der Waals surface area contributed by atoms with E-state index in [1.807, 2.05) is 51.1 Å². The number of anilines is 1. The molecule has 4 nitrogen and oxygen atoms in total. The average Bonchev–Trinajstić information content (AvgIpc) is 2.56. The predicted octanol–water partition coefficient (Wildman–Crippen LogP) is 4.77. The van der Waals surface area contributed by atoms with E-state index < -0.39 is 0 Å². The molecule has 0 bridgehead atoms. The number of amides is 1. The molecule has 1 fully saturated rings. The van der Waals surface area contributed by atoms with Crippen molar-refractivity contribution in [3.05, 3.63) is 35.4 Å². The van der Waals surface area contributed by atoms with Crippen LogP contribution in [-0.4, -0.2) is 23.0 Å². The number of rotatable bonds is 3. The third kappa shape index (κ3) is 4.24. The molecule has 1 aliphatic carbocycles. The first-order chi connectivity index (χ1) is 11.8. The van der Waals surface area contributed by atoms with Crippen molar-refractivity contribution in [3.8, 4) is 0 Å². The molecule has 3 rings (SSSR count). The quantitative estimate of drug-likeness (QED) is 0.829. The Kier molecular flexibility index (Phi) is 5.19. The van der Waals surface area contributed by atoms with Crippen LogP contribution in [0, 0.1) is 5.41 Å². The molecule has 1 saturated carbocycles. The first kappa shape index (κ1) is 18.0. The summed E-state index contributed by atoms with van der Waals surface area (Å²) >= 11 is 6.41. The van der Waals surface area contributed by atoms with Crippen molar-refractivity contribution in [1.82, 2.24) is 10.3 Å². The lowest BCUT2D eigenvalue weighted by Gasteiger charge is -2.35. The molecule has 5 heteroatoms. The maximum Gasteiger partial charge on any atom is 0.225 e. The fourth-order valence-electron chi connectivity index (χ4n) is 3.26. The van der Waals surface area contributed by atoms with Crippen LogP contribution in [0.3, 0.4) is 0 Å². The molecule has 25 heavy (non-hydrogen) atoms. The number of halogens is 1. The van der Waals surface area contributed by atoms with Crippen LogP contribution >= 0.6 is 11.6 Å². The molecule has 2 N–H and O–H groups in total. The molecule has 0 saturated heterocycles.